The fraction of sp³-hybridized carbons (Fsp3) is 0.389. The van der Waals surface area contributed by atoms with Gasteiger partial charge in [-0.2, -0.15) is 4.68 Å². The molecule has 1 fully saturated rings. The Bertz CT molecular complexity index is 1040. The topological polar surface area (TPSA) is 85.9 Å². The van der Waals surface area contributed by atoms with Crippen LogP contribution in [0.4, 0.5) is 4.39 Å². The molecule has 0 aliphatic carbocycles. The third kappa shape index (κ3) is 3.44. The number of amides is 1. The van der Waals surface area contributed by atoms with Crippen LogP contribution < -0.4 is 5.56 Å². The second-order valence-electron chi connectivity index (χ2n) is 6.63. The Morgan fingerprint density at radius 1 is 1.15 bits per heavy atom. The molecule has 0 N–H and O–H groups in total. The lowest BCUT2D eigenvalue weighted by atomic mass is 10.2. The van der Waals surface area contributed by atoms with Crippen LogP contribution in [0.25, 0.3) is 16.9 Å². The van der Waals surface area contributed by atoms with Crippen molar-refractivity contribution in [1.29, 1.82) is 0 Å². The Labute approximate surface area is 154 Å². The molecule has 1 amide bonds. The summed E-state index contributed by atoms with van der Waals surface area (Å²) >= 11 is 0. The van der Waals surface area contributed by atoms with Gasteiger partial charge in [0, 0.05) is 13.1 Å². The molecule has 2 aromatic heterocycles. The molecule has 1 aliphatic heterocycles. The Morgan fingerprint density at radius 2 is 1.93 bits per heavy atom. The fourth-order valence-corrected chi connectivity index (χ4v) is 3.30. The molecule has 0 radical (unpaired) electrons. The van der Waals surface area contributed by atoms with Crippen molar-refractivity contribution in [1.82, 2.24) is 29.4 Å². The summed E-state index contributed by atoms with van der Waals surface area (Å²) in [6, 6.07) is 5.79. The predicted molar refractivity (Wildman–Crippen MR) is 95.9 cm³/mol. The molecule has 27 heavy (non-hydrogen) atoms. The summed E-state index contributed by atoms with van der Waals surface area (Å²) in [5.41, 5.74) is 0.253. The van der Waals surface area contributed by atoms with Gasteiger partial charge in [-0.15, -0.1) is 5.10 Å². The number of carbonyl (C=O) groups excluding carboxylic acids is 1. The minimum absolute atomic E-state index is 0.0467. The number of carbonyl (C=O) groups is 1. The summed E-state index contributed by atoms with van der Waals surface area (Å²) in [7, 11) is 0. The molecule has 1 saturated heterocycles. The van der Waals surface area contributed by atoms with Crippen molar-refractivity contribution in [2.75, 3.05) is 13.1 Å². The number of benzene rings is 1. The van der Waals surface area contributed by atoms with Gasteiger partial charge in [-0.1, -0.05) is 24.1 Å². The van der Waals surface area contributed by atoms with E-state index in [9.17, 15) is 14.0 Å². The summed E-state index contributed by atoms with van der Waals surface area (Å²) in [6.45, 7) is 1.37. The van der Waals surface area contributed by atoms with Crippen molar-refractivity contribution in [2.24, 2.45) is 0 Å². The van der Waals surface area contributed by atoms with Crippen LogP contribution in [0.1, 0.15) is 25.7 Å². The molecule has 9 heteroatoms. The van der Waals surface area contributed by atoms with E-state index in [1.54, 1.807) is 17.0 Å². The van der Waals surface area contributed by atoms with Gasteiger partial charge >= 0.3 is 0 Å². The van der Waals surface area contributed by atoms with Gasteiger partial charge < -0.3 is 4.90 Å². The van der Waals surface area contributed by atoms with Gasteiger partial charge in [0.05, 0.1) is 5.69 Å². The third-order valence-electron chi connectivity index (χ3n) is 4.75. The molecule has 0 saturated carbocycles. The fourth-order valence-electron chi connectivity index (χ4n) is 3.30. The summed E-state index contributed by atoms with van der Waals surface area (Å²) in [5, 5.41) is 7.81. The smallest absolute Gasteiger partial charge is 0.284 e. The van der Waals surface area contributed by atoms with Crippen LogP contribution in [0.5, 0.6) is 0 Å². The highest BCUT2D eigenvalue weighted by Crippen LogP contribution is 2.13. The zero-order valence-corrected chi connectivity index (χ0v) is 14.7. The highest BCUT2D eigenvalue weighted by molar-refractivity contribution is 5.76. The Hall–Kier alpha value is -3.10. The second kappa shape index (κ2) is 7.26. The summed E-state index contributed by atoms with van der Waals surface area (Å²) in [4.78, 5) is 31.2. The summed E-state index contributed by atoms with van der Waals surface area (Å²) < 4.78 is 16.0. The van der Waals surface area contributed by atoms with Crippen LogP contribution in [0, 0.1) is 5.82 Å². The number of halogens is 1. The number of likely N-dealkylation sites (tertiary alicyclic amines) is 1. The van der Waals surface area contributed by atoms with Crippen molar-refractivity contribution in [2.45, 2.75) is 32.2 Å². The molecular weight excluding hydrogens is 351 g/mol. The van der Waals surface area contributed by atoms with Crippen LogP contribution in [-0.4, -0.2) is 48.4 Å². The number of nitrogens with zero attached hydrogens (tertiary/aromatic N) is 6. The molecule has 1 aliphatic rings. The standard InChI is InChI=1S/C18H19FN6O2/c19-13-6-5-7-14(10-13)25-17-16(21-22-25)18(27)24(12-20-17)11-15(26)23-8-3-1-2-4-9-23/h5-7,10,12H,1-4,8-9,11H2. The van der Waals surface area contributed by atoms with Gasteiger partial charge in [0.2, 0.25) is 5.91 Å². The third-order valence-corrected chi connectivity index (χ3v) is 4.75. The normalized spacial score (nSPS) is 15.1. The number of hydrogen-bond donors (Lipinski definition) is 0. The quantitative estimate of drug-likeness (QED) is 0.698. The van der Waals surface area contributed by atoms with Crippen LogP contribution in [0.15, 0.2) is 35.4 Å². The van der Waals surface area contributed by atoms with Gasteiger partial charge in [0.1, 0.15) is 18.7 Å². The molecule has 1 aromatic carbocycles. The van der Waals surface area contributed by atoms with Crippen LogP contribution in [0.2, 0.25) is 0 Å². The van der Waals surface area contributed by atoms with E-state index in [2.05, 4.69) is 15.3 Å². The monoisotopic (exact) mass is 370 g/mol. The lowest BCUT2D eigenvalue weighted by Crippen LogP contribution is -2.37. The molecule has 140 valence electrons. The van der Waals surface area contributed by atoms with Gasteiger partial charge in [0.25, 0.3) is 5.56 Å². The van der Waals surface area contributed by atoms with Crippen LogP contribution in [-0.2, 0) is 11.3 Å². The summed E-state index contributed by atoms with van der Waals surface area (Å²) in [6.07, 6.45) is 5.54. The molecule has 0 spiro atoms. The van der Waals surface area contributed by atoms with Crippen molar-refractivity contribution in [3.05, 3.63) is 46.8 Å². The first kappa shape index (κ1) is 17.3. The molecule has 0 atom stereocenters. The lowest BCUT2D eigenvalue weighted by molar-refractivity contribution is -0.131. The van der Waals surface area contributed by atoms with Crippen molar-refractivity contribution in [3.63, 3.8) is 0 Å². The first-order valence-corrected chi connectivity index (χ1v) is 8.98. The number of rotatable bonds is 3. The van der Waals surface area contributed by atoms with Gasteiger partial charge in [-0.25, -0.2) is 9.37 Å². The van der Waals surface area contributed by atoms with Crippen LogP contribution in [0.3, 0.4) is 0 Å². The minimum atomic E-state index is -0.439. The number of aromatic nitrogens is 5. The molecule has 8 nitrogen and oxygen atoms in total. The highest BCUT2D eigenvalue weighted by Gasteiger charge is 2.19. The molecule has 3 aromatic rings. The Morgan fingerprint density at radius 3 is 2.67 bits per heavy atom. The zero-order chi connectivity index (χ0) is 18.8. The SMILES string of the molecule is O=C(Cn1cnc2c(nnn2-c2cccc(F)c2)c1=O)N1CCCCCC1. The van der Waals surface area contributed by atoms with E-state index >= 15 is 0 Å². The molecule has 3 heterocycles. The minimum Gasteiger partial charge on any atom is -0.341 e. The summed E-state index contributed by atoms with van der Waals surface area (Å²) in [5.74, 6) is -0.523. The van der Waals surface area contributed by atoms with E-state index in [0.717, 1.165) is 38.8 Å². The van der Waals surface area contributed by atoms with Gasteiger partial charge in [-0.3, -0.25) is 14.2 Å². The average molecular weight is 370 g/mol. The molecular formula is C18H19FN6O2. The largest absolute Gasteiger partial charge is 0.341 e. The van der Waals surface area contributed by atoms with Crippen molar-refractivity contribution >= 4 is 17.1 Å². The van der Waals surface area contributed by atoms with E-state index < -0.39 is 11.4 Å². The zero-order valence-electron chi connectivity index (χ0n) is 14.7. The molecule has 4 rings (SSSR count). The number of fused-ring (bicyclic) bond motifs is 1. The second-order valence-corrected chi connectivity index (χ2v) is 6.63. The van der Waals surface area contributed by atoms with Crippen molar-refractivity contribution < 1.29 is 9.18 Å². The Kier molecular flexibility index (Phi) is 4.66. The van der Waals surface area contributed by atoms with Crippen molar-refractivity contribution in [3.8, 4) is 5.69 Å². The van der Waals surface area contributed by atoms with E-state index in [0.29, 0.717) is 5.69 Å². The first-order chi connectivity index (χ1) is 13.1. The van der Waals surface area contributed by atoms with E-state index in [1.165, 1.54) is 27.7 Å². The number of hydrogen-bond acceptors (Lipinski definition) is 5. The molecule has 0 bridgehead atoms. The van der Waals surface area contributed by atoms with Gasteiger partial charge in [-0.05, 0) is 31.0 Å². The highest BCUT2D eigenvalue weighted by atomic mass is 19.1. The molecule has 0 unspecified atom stereocenters. The van der Waals surface area contributed by atoms with E-state index in [4.69, 9.17) is 0 Å². The maximum atomic E-state index is 13.5. The lowest BCUT2D eigenvalue weighted by Gasteiger charge is -2.20. The predicted octanol–water partition coefficient (Wildman–Crippen LogP) is 1.52. The van der Waals surface area contributed by atoms with Crippen LogP contribution >= 0.6 is 0 Å². The first-order valence-electron chi connectivity index (χ1n) is 8.98. The van der Waals surface area contributed by atoms with E-state index in [1.807, 2.05) is 0 Å². The maximum Gasteiger partial charge on any atom is 0.284 e. The maximum absolute atomic E-state index is 13.5. The van der Waals surface area contributed by atoms with E-state index in [-0.39, 0.29) is 23.6 Å². The average Bonchev–Trinajstić information content (AvgIpc) is 2.91. The van der Waals surface area contributed by atoms with Gasteiger partial charge in [0.15, 0.2) is 11.2 Å². The Balaban J connectivity index is 1.63.